The number of aromatic nitrogens is 1. The van der Waals surface area contributed by atoms with E-state index in [-0.39, 0.29) is 18.5 Å². The average Bonchev–Trinajstić information content (AvgIpc) is 3.01. The molecule has 0 aliphatic carbocycles. The number of hydrogen-bond donors (Lipinski definition) is 1. The number of nitrogens with one attached hydrogen (secondary N) is 1. The number of nitrogens with zero attached hydrogens (tertiary/aromatic N) is 4. The van der Waals surface area contributed by atoms with E-state index in [1.807, 2.05) is 9.80 Å². The Morgan fingerprint density at radius 1 is 1.16 bits per heavy atom. The van der Waals surface area contributed by atoms with E-state index in [2.05, 4.69) is 10.3 Å². The highest BCUT2D eigenvalue weighted by atomic mass is 19.4. The Morgan fingerprint density at radius 2 is 1.88 bits per heavy atom. The van der Waals surface area contributed by atoms with Crippen molar-refractivity contribution in [1.82, 2.24) is 20.1 Å². The van der Waals surface area contributed by atoms with Crippen molar-refractivity contribution in [2.24, 2.45) is 0 Å². The zero-order valence-electron chi connectivity index (χ0n) is 13.4. The van der Waals surface area contributed by atoms with Crippen molar-refractivity contribution in [3.63, 3.8) is 0 Å². The lowest BCUT2D eigenvalue weighted by molar-refractivity contribution is -0.137. The first kappa shape index (κ1) is 17.5. The van der Waals surface area contributed by atoms with Crippen LogP contribution in [0.2, 0.25) is 0 Å². The molecular weight excluding hydrogens is 339 g/mol. The predicted molar refractivity (Wildman–Crippen MR) is 83.0 cm³/mol. The first-order valence-corrected chi connectivity index (χ1v) is 7.93. The SMILES string of the molecule is O=C(CN1CCN(c2ccc(C(F)(F)F)cn2)CC1)N1CCNC1=O. The summed E-state index contributed by atoms with van der Waals surface area (Å²) in [6.45, 7) is 3.26. The fourth-order valence-electron chi connectivity index (χ4n) is 2.86. The summed E-state index contributed by atoms with van der Waals surface area (Å²) >= 11 is 0. The molecule has 2 aliphatic heterocycles. The average molecular weight is 357 g/mol. The van der Waals surface area contributed by atoms with E-state index in [1.54, 1.807) is 0 Å². The molecular formula is C15H18F3N5O2. The van der Waals surface area contributed by atoms with Crippen LogP contribution in [0.5, 0.6) is 0 Å². The molecule has 1 aromatic rings. The van der Waals surface area contributed by atoms with Crippen molar-refractivity contribution >= 4 is 17.8 Å². The molecule has 136 valence electrons. The molecule has 0 atom stereocenters. The van der Waals surface area contributed by atoms with Crippen molar-refractivity contribution < 1.29 is 22.8 Å². The van der Waals surface area contributed by atoms with Crippen LogP contribution in [0.15, 0.2) is 18.3 Å². The number of pyridine rings is 1. The van der Waals surface area contributed by atoms with Crippen LogP contribution < -0.4 is 10.2 Å². The van der Waals surface area contributed by atoms with Gasteiger partial charge in [0.2, 0.25) is 5.91 Å². The van der Waals surface area contributed by atoms with Gasteiger partial charge in [0.15, 0.2) is 0 Å². The minimum absolute atomic E-state index is 0.154. The fourth-order valence-corrected chi connectivity index (χ4v) is 2.86. The number of carbonyl (C=O) groups is 2. The minimum Gasteiger partial charge on any atom is -0.354 e. The molecule has 3 rings (SSSR count). The quantitative estimate of drug-likeness (QED) is 0.866. The molecule has 0 spiro atoms. The van der Waals surface area contributed by atoms with E-state index in [0.717, 1.165) is 12.3 Å². The van der Waals surface area contributed by atoms with E-state index in [1.165, 1.54) is 11.0 Å². The van der Waals surface area contributed by atoms with Crippen molar-refractivity contribution in [2.75, 3.05) is 50.7 Å². The lowest BCUT2D eigenvalue weighted by Gasteiger charge is -2.35. The van der Waals surface area contributed by atoms with Gasteiger partial charge in [-0.15, -0.1) is 0 Å². The number of amides is 3. The number of halogens is 3. The van der Waals surface area contributed by atoms with Crippen LogP contribution in [0.25, 0.3) is 0 Å². The van der Waals surface area contributed by atoms with Gasteiger partial charge in [-0.1, -0.05) is 0 Å². The fraction of sp³-hybridized carbons (Fsp3) is 0.533. The third kappa shape index (κ3) is 4.01. The van der Waals surface area contributed by atoms with Gasteiger partial charge in [0, 0.05) is 45.5 Å². The third-order valence-corrected chi connectivity index (χ3v) is 4.29. The molecule has 7 nitrogen and oxygen atoms in total. The van der Waals surface area contributed by atoms with Crippen molar-refractivity contribution in [3.8, 4) is 0 Å². The molecule has 10 heteroatoms. The Hall–Kier alpha value is -2.36. The zero-order valence-corrected chi connectivity index (χ0v) is 13.4. The third-order valence-electron chi connectivity index (χ3n) is 4.29. The number of urea groups is 1. The molecule has 0 radical (unpaired) electrons. The number of imide groups is 1. The summed E-state index contributed by atoms with van der Waals surface area (Å²) < 4.78 is 37.7. The number of anilines is 1. The van der Waals surface area contributed by atoms with Crippen LogP contribution in [0.4, 0.5) is 23.8 Å². The molecule has 2 aliphatic rings. The second-order valence-corrected chi connectivity index (χ2v) is 5.94. The Kier molecular flexibility index (Phi) is 4.80. The molecule has 25 heavy (non-hydrogen) atoms. The van der Waals surface area contributed by atoms with Gasteiger partial charge in [0.25, 0.3) is 0 Å². The molecule has 3 heterocycles. The van der Waals surface area contributed by atoms with Gasteiger partial charge in [-0.3, -0.25) is 14.6 Å². The Morgan fingerprint density at radius 3 is 2.40 bits per heavy atom. The highest BCUT2D eigenvalue weighted by molar-refractivity contribution is 5.96. The maximum absolute atomic E-state index is 12.6. The number of hydrogen-bond acceptors (Lipinski definition) is 5. The van der Waals surface area contributed by atoms with E-state index in [0.29, 0.717) is 45.1 Å². The van der Waals surface area contributed by atoms with E-state index >= 15 is 0 Å². The van der Waals surface area contributed by atoms with Crippen LogP contribution in [0, 0.1) is 0 Å². The molecule has 1 aromatic heterocycles. The molecule has 2 saturated heterocycles. The molecule has 3 amide bonds. The van der Waals surface area contributed by atoms with Gasteiger partial charge < -0.3 is 10.2 Å². The summed E-state index contributed by atoms with van der Waals surface area (Å²) in [5, 5.41) is 2.58. The predicted octanol–water partition coefficient (Wildman–Crippen LogP) is 0.774. The Labute approximate surface area is 142 Å². The van der Waals surface area contributed by atoms with Gasteiger partial charge in [0.1, 0.15) is 5.82 Å². The standard InChI is InChI=1S/C15H18F3N5O2/c16-15(17,18)11-1-2-12(20-9-11)22-7-5-21(6-8-22)10-13(24)23-4-3-19-14(23)25/h1-2,9H,3-8,10H2,(H,19,25). The van der Waals surface area contributed by atoms with Gasteiger partial charge >= 0.3 is 12.2 Å². The summed E-state index contributed by atoms with van der Waals surface area (Å²) in [4.78, 5) is 32.5. The largest absolute Gasteiger partial charge is 0.417 e. The van der Waals surface area contributed by atoms with Crippen LogP contribution in [-0.2, 0) is 11.0 Å². The number of carbonyl (C=O) groups excluding carboxylic acids is 2. The Balaban J connectivity index is 1.51. The number of alkyl halides is 3. The monoisotopic (exact) mass is 357 g/mol. The maximum atomic E-state index is 12.6. The summed E-state index contributed by atoms with van der Waals surface area (Å²) in [6.07, 6.45) is -3.57. The normalized spacial score (nSPS) is 19.2. The van der Waals surface area contributed by atoms with Gasteiger partial charge in [-0.05, 0) is 12.1 Å². The summed E-state index contributed by atoms with van der Waals surface area (Å²) in [5.74, 6) is 0.244. The second kappa shape index (κ2) is 6.87. The van der Waals surface area contributed by atoms with Crippen LogP contribution in [-0.4, -0.2) is 72.5 Å². The van der Waals surface area contributed by atoms with Gasteiger partial charge in [-0.25, -0.2) is 9.78 Å². The highest BCUT2D eigenvalue weighted by Gasteiger charge is 2.31. The Bertz CT molecular complexity index is 642. The minimum atomic E-state index is -4.40. The molecule has 2 fully saturated rings. The molecule has 0 unspecified atom stereocenters. The van der Waals surface area contributed by atoms with E-state index < -0.39 is 11.7 Å². The molecule has 0 aromatic carbocycles. The van der Waals surface area contributed by atoms with Crippen molar-refractivity contribution in [3.05, 3.63) is 23.9 Å². The van der Waals surface area contributed by atoms with E-state index in [9.17, 15) is 22.8 Å². The summed E-state index contributed by atoms with van der Waals surface area (Å²) in [7, 11) is 0. The second-order valence-electron chi connectivity index (χ2n) is 5.94. The lowest BCUT2D eigenvalue weighted by atomic mass is 10.2. The smallest absolute Gasteiger partial charge is 0.354 e. The first-order valence-electron chi connectivity index (χ1n) is 7.93. The van der Waals surface area contributed by atoms with E-state index in [4.69, 9.17) is 0 Å². The van der Waals surface area contributed by atoms with Crippen LogP contribution in [0.3, 0.4) is 0 Å². The van der Waals surface area contributed by atoms with Crippen LogP contribution in [0.1, 0.15) is 5.56 Å². The zero-order chi connectivity index (χ0) is 18.0. The lowest BCUT2D eigenvalue weighted by Crippen LogP contribution is -2.50. The highest BCUT2D eigenvalue weighted by Crippen LogP contribution is 2.29. The van der Waals surface area contributed by atoms with Gasteiger partial charge in [0.05, 0.1) is 12.1 Å². The molecule has 0 saturated carbocycles. The number of rotatable bonds is 3. The molecule has 1 N–H and O–H groups in total. The van der Waals surface area contributed by atoms with Gasteiger partial charge in [-0.2, -0.15) is 13.2 Å². The maximum Gasteiger partial charge on any atom is 0.417 e. The van der Waals surface area contributed by atoms with Crippen LogP contribution >= 0.6 is 0 Å². The van der Waals surface area contributed by atoms with Crippen molar-refractivity contribution in [1.29, 1.82) is 0 Å². The topological polar surface area (TPSA) is 68.8 Å². The first-order chi connectivity index (χ1) is 11.8. The summed E-state index contributed by atoms with van der Waals surface area (Å²) in [5.41, 5.74) is -0.774. The van der Waals surface area contributed by atoms with Crippen molar-refractivity contribution in [2.45, 2.75) is 6.18 Å². The number of piperazine rings is 1. The summed E-state index contributed by atoms with van der Waals surface area (Å²) in [6, 6.07) is 2.01. The molecule has 0 bridgehead atoms.